The molecular weight excluding hydrogens is 400 g/mol. The summed E-state index contributed by atoms with van der Waals surface area (Å²) in [6.45, 7) is 0. The van der Waals surface area contributed by atoms with Crippen molar-refractivity contribution in [1.82, 2.24) is 9.88 Å². The molecule has 1 aliphatic heterocycles. The number of hydrogen-bond acceptors (Lipinski definition) is 5. The van der Waals surface area contributed by atoms with Gasteiger partial charge in [0.25, 0.3) is 12.3 Å². The minimum Gasteiger partial charge on any atom is -0.369 e. The van der Waals surface area contributed by atoms with Gasteiger partial charge in [0.1, 0.15) is 5.69 Å². The Bertz CT molecular complexity index is 1250. The van der Waals surface area contributed by atoms with Crippen molar-refractivity contribution in [1.29, 1.82) is 5.26 Å². The molecule has 2 heterocycles. The van der Waals surface area contributed by atoms with Gasteiger partial charge in [0.05, 0.1) is 11.6 Å². The summed E-state index contributed by atoms with van der Waals surface area (Å²) in [6.07, 6.45) is -1.57. The van der Waals surface area contributed by atoms with Gasteiger partial charge in [-0.25, -0.2) is 13.8 Å². The number of nitrogens with two attached hydrogens (primary N) is 1. The van der Waals surface area contributed by atoms with Crippen LogP contribution in [0.3, 0.4) is 0 Å². The van der Waals surface area contributed by atoms with Gasteiger partial charge in [0, 0.05) is 13.2 Å². The second kappa shape index (κ2) is 7.61. The maximum atomic E-state index is 13.3. The third-order valence-electron chi connectivity index (χ3n) is 5.27. The molecule has 0 aliphatic carbocycles. The van der Waals surface area contributed by atoms with Crippen molar-refractivity contribution < 1.29 is 13.6 Å². The summed E-state index contributed by atoms with van der Waals surface area (Å²) in [5, 5.41) is 9.19. The van der Waals surface area contributed by atoms with Crippen molar-refractivity contribution >= 4 is 11.9 Å². The van der Waals surface area contributed by atoms with E-state index in [1.807, 2.05) is 12.1 Å². The first kappa shape index (κ1) is 20.2. The Hall–Kier alpha value is -4.12. The highest BCUT2D eigenvalue weighted by molar-refractivity contribution is 6.09. The van der Waals surface area contributed by atoms with E-state index < -0.39 is 23.6 Å². The van der Waals surface area contributed by atoms with Crippen LogP contribution in [0.15, 0.2) is 71.9 Å². The Morgan fingerprint density at radius 3 is 2.39 bits per heavy atom. The average molecular weight is 417 g/mol. The van der Waals surface area contributed by atoms with Gasteiger partial charge < -0.3 is 5.73 Å². The van der Waals surface area contributed by atoms with Crippen molar-refractivity contribution in [3.05, 3.63) is 89.2 Å². The molecule has 2 N–H and O–H groups in total. The Labute approximate surface area is 177 Å². The number of guanidine groups is 1. The van der Waals surface area contributed by atoms with Crippen LogP contribution in [-0.2, 0) is 10.3 Å². The van der Waals surface area contributed by atoms with Crippen molar-refractivity contribution in [3.8, 4) is 17.2 Å². The topological polar surface area (TPSA) is 95.4 Å². The highest BCUT2D eigenvalue weighted by atomic mass is 19.3. The van der Waals surface area contributed by atoms with E-state index in [0.717, 1.165) is 11.1 Å². The molecule has 0 radical (unpaired) electrons. The lowest BCUT2D eigenvalue weighted by atomic mass is 9.81. The zero-order valence-electron chi connectivity index (χ0n) is 16.5. The van der Waals surface area contributed by atoms with E-state index in [2.05, 4.69) is 16.0 Å². The number of halogens is 2. The molecule has 1 unspecified atom stereocenters. The number of pyridine rings is 1. The molecule has 0 bridgehead atoms. The van der Waals surface area contributed by atoms with Crippen LogP contribution in [-0.4, -0.2) is 28.8 Å². The summed E-state index contributed by atoms with van der Waals surface area (Å²) >= 11 is 0. The van der Waals surface area contributed by atoms with E-state index in [1.54, 1.807) is 36.4 Å². The summed E-state index contributed by atoms with van der Waals surface area (Å²) in [6, 6.07) is 18.8. The smallest absolute Gasteiger partial charge is 0.280 e. The molecule has 1 atom stereocenters. The van der Waals surface area contributed by atoms with Crippen molar-refractivity contribution in [3.63, 3.8) is 0 Å². The predicted molar refractivity (Wildman–Crippen MR) is 111 cm³/mol. The van der Waals surface area contributed by atoms with Gasteiger partial charge in [-0.3, -0.25) is 14.7 Å². The molecule has 4 rings (SSSR count). The molecular formula is C23H17F2N5O. The first-order valence-corrected chi connectivity index (χ1v) is 9.36. The van der Waals surface area contributed by atoms with Crippen LogP contribution in [0.2, 0.25) is 0 Å². The minimum absolute atomic E-state index is 0.0164. The van der Waals surface area contributed by atoms with Crippen molar-refractivity contribution in [2.75, 3.05) is 7.05 Å². The molecule has 1 aliphatic rings. The fourth-order valence-corrected chi connectivity index (χ4v) is 3.67. The molecule has 0 spiro atoms. The van der Waals surface area contributed by atoms with E-state index in [9.17, 15) is 18.8 Å². The maximum absolute atomic E-state index is 13.3. The summed E-state index contributed by atoms with van der Waals surface area (Å²) < 4.78 is 26.6. The van der Waals surface area contributed by atoms with Crippen LogP contribution in [0.4, 0.5) is 8.78 Å². The summed E-state index contributed by atoms with van der Waals surface area (Å²) in [7, 11) is 1.48. The number of rotatable bonds is 4. The van der Waals surface area contributed by atoms with Crippen LogP contribution in [0.5, 0.6) is 0 Å². The Morgan fingerprint density at radius 1 is 1.06 bits per heavy atom. The predicted octanol–water partition coefficient (Wildman–Crippen LogP) is 3.59. The third-order valence-corrected chi connectivity index (χ3v) is 5.27. The van der Waals surface area contributed by atoms with Crippen LogP contribution in [0, 0.1) is 11.3 Å². The minimum atomic E-state index is -2.80. The van der Waals surface area contributed by atoms with E-state index in [0.29, 0.717) is 11.1 Å². The number of nitriles is 1. The number of carbonyl (C=O) groups excluding carboxylic acids is 1. The number of carbonyl (C=O) groups is 1. The quantitative estimate of drug-likeness (QED) is 0.702. The second-order valence-corrected chi connectivity index (χ2v) is 7.09. The Morgan fingerprint density at radius 2 is 1.74 bits per heavy atom. The van der Waals surface area contributed by atoms with Gasteiger partial charge in [0.2, 0.25) is 0 Å². The van der Waals surface area contributed by atoms with Crippen LogP contribution < -0.4 is 5.73 Å². The highest BCUT2D eigenvalue weighted by Crippen LogP contribution is 2.41. The fraction of sp³-hybridized carbons (Fsp3) is 0.130. The van der Waals surface area contributed by atoms with Gasteiger partial charge in [-0.1, -0.05) is 30.3 Å². The number of aromatic nitrogens is 1. The van der Waals surface area contributed by atoms with Crippen LogP contribution in [0.25, 0.3) is 11.1 Å². The van der Waals surface area contributed by atoms with Gasteiger partial charge in [-0.15, -0.1) is 0 Å². The third kappa shape index (κ3) is 3.30. The van der Waals surface area contributed by atoms with Gasteiger partial charge in [-0.2, -0.15) is 5.26 Å². The molecule has 8 heteroatoms. The van der Waals surface area contributed by atoms with Crippen LogP contribution >= 0.6 is 0 Å². The van der Waals surface area contributed by atoms with E-state index in [4.69, 9.17) is 5.73 Å². The molecule has 1 amide bonds. The van der Waals surface area contributed by atoms with Gasteiger partial charge in [0.15, 0.2) is 11.5 Å². The summed E-state index contributed by atoms with van der Waals surface area (Å²) in [4.78, 5) is 22.7. The molecule has 6 nitrogen and oxygen atoms in total. The molecule has 1 aromatic heterocycles. The van der Waals surface area contributed by atoms with E-state index >= 15 is 0 Å². The normalized spacial score (nSPS) is 18.2. The number of hydrogen-bond donors (Lipinski definition) is 1. The van der Waals surface area contributed by atoms with E-state index in [1.165, 1.54) is 30.3 Å². The van der Waals surface area contributed by atoms with Crippen molar-refractivity contribution in [2.24, 2.45) is 10.7 Å². The SMILES string of the molecule is CN1C(=O)C(c2cccc(-c3cccc(C#N)c3)c2)(c2ccnc(C(F)F)c2)N=C1N. The lowest BCUT2D eigenvalue weighted by molar-refractivity contribution is -0.129. The maximum Gasteiger partial charge on any atom is 0.280 e. The number of aliphatic imine (C=N–C) groups is 1. The zero-order chi connectivity index (χ0) is 22.2. The molecule has 0 saturated carbocycles. The summed E-state index contributed by atoms with van der Waals surface area (Å²) in [5.74, 6) is -0.475. The molecule has 0 saturated heterocycles. The Kier molecular flexibility index (Phi) is 4.95. The lowest BCUT2D eigenvalue weighted by Crippen LogP contribution is -2.41. The second-order valence-electron chi connectivity index (χ2n) is 7.09. The molecule has 0 fully saturated rings. The molecule has 31 heavy (non-hydrogen) atoms. The monoisotopic (exact) mass is 417 g/mol. The largest absolute Gasteiger partial charge is 0.369 e. The average Bonchev–Trinajstić information content (AvgIpc) is 3.04. The molecule has 3 aromatic rings. The first-order chi connectivity index (χ1) is 14.9. The highest BCUT2D eigenvalue weighted by Gasteiger charge is 2.49. The molecule has 2 aromatic carbocycles. The number of benzene rings is 2. The number of nitrogens with zero attached hydrogens (tertiary/aromatic N) is 4. The summed E-state index contributed by atoms with van der Waals surface area (Å²) in [5.41, 5.74) is 6.62. The zero-order valence-corrected chi connectivity index (χ0v) is 16.5. The molecule has 154 valence electrons. The van der Waals surface area contributed by atoms with Gasteiger partial charge in [-0.05, 0) is 52.6 Å². The fourth-order valence-electron chi connectivity index (χ4n) is 3.67. The first-order valence-electron chi connectivity index (χ1n) is 9.36. The van der Waals surface area contributed by atoms with Crippen LogP contribution in [0.1, 0.15) is 28.8 Å². The number of alkyl halides is 2. The standard InChI is InChI=1S/C23H17F2N5O/c1-30-21(31)23(29-22(30)27,18-8-9-28-19(12-18)20(24)25)17-7-3-6-16(11-17)15-5-2-4-14(10-15)13-26/h2-12,20H,1H3,(H2,27,29). The number of amides is 1. The van der Waals surface area contributed by atoms with Crippen molar-refractivity contribution in [2.45, 2.75) is 12.0 Å². The van der Waals surface area contributed by atoms with E-state index in [-0.39, 0.29) is 11.5 Å². The Balaban J connectivity index is 1.94. The number of likely N-dealkylation sites (N-methyl/N-ethyl adjacent to an activating group) is 1. The van der Waals surface area contributed by atoms with Gasteiger partial charge >= 0.3 is 0 Å². The lowest BCUT2D eigenvalue weighted by Gasteiger charge is -2.26.